The lowest BCUT2D eigenvalue weighted by molar-refractivity contribution is 0.152. The fourth-order valence-corrected chi connectivity index (χ4v) is 1.37. The number of rotatable bonds is 7. The number of halogens is 2. The summed E-state index contributed by atoms with van der Waals surface area (Å²) in [5, 5.41) is 11.7. The van der Waals surface area contributed by atoms with Crippen molar-refractivity contribution in [2.24, 2.45) is 0 Å². The minimum atomic E-state index is -2.54. The van der Waals surface area contributed by atoms with E-state index in [4.69, 9.17) is 5.11 Å². The molecular weight excluding hydrogens is 258 g/mol. The maximum absolute atomic E-state index is 12.5. The smallest absolute Gasteiger partial charge is 0.255 e. The first-order valence-electron chi connectivity index (χ1n) is 5.73. The number of alkyl halides is 2. The summed E-state index contributed by atoms with van der Waals surface area (Å²) < 4.78 is 25.0. The first-order valence-corrected chi connectivity index (χ1v) is 5.73. The zero-order valence-electron chi connectivity index (χ0n) is 11.1. The van der Waals surface area contributed by atoms with Gasteiger partial charge in [0.05, 0.1) is 13.2 Å². The molecule has 0 saturated carbocycles. The first kappa shape index (κ1) is 15.3. The Morgan fingerprint density at radius 3 is 2.32 bits per heavy atom. The van der Waals surface area contributed by atoms with Crippen LogP contribution in [0.1, 0.15) is 0 Å². The van der Waals surface area contributed by atoms with Crippen molar-refractivity contribution in [3.05, 3.63) is 0 Å². The standard InChI is InChI=1S/C10H18F2N6O/c1-13-8-14-9(17(2)3)16-10(15-8)18(4-5-19)6-7(11)12/h7,19H,4-6H2,1-3H3,(H,13,14,15,16). The van der Waals surface area contributed by atoms with Crippen LogP contribution >= 0.6 is 0 Å². The van der Waals surface area contributed by atoms with Gasteiger partial charge in [-0.1, -0.05) is 0 Å². The number of aromatic nitrogens is 3. The molecule has 0 aromatic carbocycles. The predicted octanol–water partition coefficient (Wildman–Crippen LogP) is 0.0431. The average molecular weight is 276 g/mol. The highest BCUT2D eigenvalue weighted by atomic mass is 19.3. The summed E-state index contributed by atoms with van der Waals surface area (Å²) in [4.78, 5) is 15.1. The number of anilines is 3. The van der Waals surface area contributed by atoms with Crippen LogP contribution in [0.2, 0.25) is 0 Å². The van der Waals surface area contributed by atoms with Crippen molar-refractivity contribution in [1.29, 1.82) is 0 Å². The highest BCUT2D eigenvalue weighted by molar-refractivity contribution is 5.44. The van der Waals surface area contributed by atoms with Gasteiger partial charge in [-0.15, -0.1) is 0 Å². The molecule has 0 spiro atoms. The Morgan fingerprint density at radius 2 is 1.84 bits per heavy atom. The van der Waals surface area contributed by atoms with E-state index < -0.39 is 13.0 Å². The topological polar surface area (TPSA) is 77.4 Å². The lowest BCUT2D eigenvalue weighted by Gasteiger charge is -2.22. The van der Waals surface area contributed by atoms with Crippen LogP contribution in [0.4, 0.5) is 26.6 Å². The summed E-state index contributed by atoms with van der Waals surface area (Å²) in [6.45, 7) is -0.768. The summed E-state index contributed by atoms with van der Waals surface area (Å²) in [7, 11) is 5.10. The molecule has 1 heterocycles. The summed E-state index contributed by atoms with van der Waals surface area (Å²) in [5.74, 6) is 0.745. The van der Waals surface area contributed by atoms with Crippen LogP contribution < -0.4 is 15.1 Å². The van der Waals surface area contributed by atoms with Crippen LogP contribution in [0.5, 0.6) is 0 Å². The van der Waals surface area contributed by atoms with Gasteiger partial charge in [0.15, 0.2) is 0 Å². The van der Waals surface area contributed by atoms with Gasteiger partial charge in [0.1, 0.15) is 0 Å². The number of nitrogens with zero attached hydrogens (tertiary/aromatic N) is 5. The van der Waals surface area contributed by atoms with Crippen molar-refractivity contribution in [3.63, 3.8) is 0 Å². The zero-order chi connectivity index (χ0) is 14.4. The van der Waals surface area contributed by atoms with E-state index in [9.17, 15) is 8.78 Å². The number of aliphatic hydroxyl groups excluding tert-OH is 1. The Kier molecular flexibility index (Phi) is 5.61. The van der Waals surface area contributed by atoms with Gasteiger partial charge in [0, 0.05) is 27.7 Å². The lowest BCUT2D eigenvalue weighted by atomic mass is 10.5. The quantitative estimate of drug-likeness (QED) is 0.728. The molecule has 0 aliphatic heterocycles. The van der Waals surface area contributed by atoms with E-state index in [1.165, 1.54) is 4.90 Å². The normalized spacial score (nSPS) is 10.7. The van der Waals surface area contributed by atoms with Gasteiger partial charge in [-0.05, 0) is 0 Å². The van der Waals surface area contributed by atoms with Crippen LogP contribution in [0.15, 0.2) is 0 Å². The third-order valence-corrected chi connectivity index (χ3v) is 2.25. The highest BCUT2D eigenvalue weighted by Gasteiger charge is 2.17. The molecule has 9 heteroatoms. The van der Waals surface area contributed by atoms with Gasteiger partial charge in [0.25, 0.3) is 6.43 Å². The van der Waals surface area contributed by atoms with E-state index in [0.717, 1.165) is 0 Å². The number of hydrogen-bond acceptors (Lipinski definition) is 7. The van der Waals surface area contributed by atoms with E-state index in [-0.39, 0.29) is 25.0 Å². The van der Waals surface area contributed by atoms with Crippen molar-refractivity contribution in [3.8, 4) is 0 Å². The molecule has 0 aliphatic carbocycles. The molecular formula is C10H18F2N6O. The fraction of sp³-hybridized carbons (Fsp3) is 0.700. The largest absolute Gasteiger partial charge is 0.395 e. The molecule has 7 nitrogen and oxygen atoms in total. The van der Waals surface area contributed by atoms with Gasteiger partial charge >= 0.3 is 0 Å². The van der Waals surface area contributed by atoms with Gasteiger partial charge in [0.2, 0.25) is 17.8 Å². The monoisotopic (exact) mass is 276 g/mol. The molecule has 108 valence electrons. The second kappa shape index (κ2) is 6.98. The molecule has 0 fully saturated rings. The van der Waals surface area contributed by atoms with E-state index in [1.807, 2.05) is 0 Å². The van der Waals surface area contributed by atoms with Gasteiger partial charge in [-0.3, -0.25) is 0 Å². The van der Waals surface area contributed by atoms with Gasteiger partial charge in [-0.2, -0.15) is 15.0 Å². The van der Waals surface area contributed by atoms with E-state index in [1.54, 1.807) is 26.0 Å². The Morgan fingerprint density at radius 1 is 1.21 bits per heavy atom. The maximum atomic E-state index is 12.5. The maximum Gasteiger partial charge on any atom is 0.255 e. The minimum absolute atomic E-state index is 0.0321. The molecule has 1 aromatic heterocycles. The first-order chi connectivity index (χ1) is 8.97. The van der Waals surface area contributed by atoms with Crippen molar-refractivity contribution >= 4 is 17.8 Å². The third kappa shape index (κ3) is 4.43. The zero-order valence-corrected chi connectivity index (χ0v) is 11.1. The Labute approximate surface area is 110 Å². The second-order valence-corrected chi connectivity index (χ2v) is 3.96. The van der Waals surface area contributed by atoms with Crippen LogP contribution in [0, 0.1) is 0 Å². The molecule has 1 rings (SSSR count). The van der Waals surface area contributed by atoms with Gasteiger partial charge in [-0.25, -0.2) is 8.78 Å². The van der Waals surface area contributed by atoms with Crippen LogP contribution in [0.25, 0.3) is 0 Å². The SMILES string of the molecule is CNc1nc(N(C)C)nc(N(CCO)CC(F)F)n1. The Bertz CT molecular complexity index is 404. The Balaban J connectivity index is 3.09. The number of aliphatic hydroxyl groups is 1. The average Bonchev–Trinajstić information content (AvgIpc) is 2.37. The van der Waals surface area contributed by atoms with Crippen molar-refractivity contribution in [2.45, 2.75) is 6.43 Å². The van der Waals surface area contributed by atoms with Crippen molar-refractivity contribution in [2.75, 3.05) is 56.0 Å². The minimum Gasteiger partial charge on any atom is -0.395 e. The van der Waals surface area contributed by atoms with E-state index in [0.29, 0.717) is 5.95 Å². The molecule has 0 radical (unpaired) electrons. The van der Waals surface area contributed by atoms with Crippen LogP contribution in [-0.4, -0.2) is 67.3 Å². The molecule has 0 saturated heterocycles. The summed E-state index contributed by atoms with van der Waals surface area (Å²) in [6, 6.07) is 0. The lowest BCUT2D eigenvalue weighted by Crippen LogP contribution is -2.33. The molecule has 0 bridgehead atoms. The molecule has 0 unspecified atom stereocenters. The number of hydrogen-bond donors (Lipinski definition) is 2. The summed E-state index contributed by atoms with van der Waals surface area (Å²) in [5.41, 5.74) is 0. The second-order valence-electron chi connectivity index (χ2n) is 3.96. The fourth-order valence-electron chi connectivity index (χ4n) is 1.37. The van der Waals surface area contributed by atoms with Gasteiger partial charge < -0.3 is 20.2 Å². The van der Waals surface area contributed by atoms with Crippen molar-refractivity contribution in [1.82, 2.24) is 15.0 Å². The van der Waals surface area contributed by atoms with Crippen molar-refractivity contribution < 1.29 is 13.9 Å². The van der Waals surface area contributed by atoms with Crippen LogP contribution in [-0.2, 0) is 0 Å². The summed E-state index contributed by atoms with van der Waals surface area (Å²) >= 11 is 0. The molecule has 19 heavy (non-hydrogen) atoms. The molecule has 0 atom stereocenters. The highest BCUT2D eigenvalue weighted by Crippen LogP contribution is 2.15. The predicted molar refractivity (Wildman–Crippen MR) is 69.0 cm³/mol. The molecule has 2 N–H and O–H groups in total. The van der Waals surface area contributed by atoms with E-state index >= 15 is 0 Å². The third-order valence-electron chi connectivity index (χ3n) is 2.25. The molecule has 0 aliphatic rings. The van der Waals surface area contributed by atoms with E-state index in [2.05, 4.69) is 20.3 Å². The molecule has 0 amide bonds. The Hall–Kier alpha value is -1.77. The molecule has 1 aromatic rings. The van der Waals surface area contributed by atoms with Crippen LogP contribution in [0.3, 0.4) is 0 Å². The summed E-state index contributed by atoms with van der Waals surface area (Å²) in [6.07, 6.45) is -2.54. The number of nitrogens with one attached hydrogen (secondary N) is 1.